The molecule has 1 heterocycles. The zero-order valence-electron chi connectivity index (χ0n) is 18.6. The summed E-state index contributed by atoms with van der Waals surface area (Å²) >= 11 is 2.39. The van der Waals surface area contributed by atoms with E-state index in [1.807, 2.05) is 20.8 Å². The third-order valence-corrected chi connectivity index (χ3v) is 6.33. The average Bonchev–Trinajstić information content (AvgIpc) is 2.98. The van der Waals surface area contributed by atoms with Crippen molar-refractivity contribution in [2.45, 2.75) is 25.5 Å². The number of ether oxygens (including phenoxy) is 3. The maximum Gasteiger partial charge on any atom is 0.293 e. The lowest BCUT2D eigenvalue weighted by Gasteiger charge is -2.17. The van der Waals surface area contributed by atoms with Crippen molar-refractivity contribution in [1.29, 1.82) is 0 Å². The molecule has 1 aromatic rings. The van der Waals surface area contributed by atoms with Crippen molar-refractivity contribution in [2.24, 2.45) is 0 Å². The van der Waals surface area contributed by atoms with Crippen molar-refractivity contribution in [1.82, 2.24) is 10.2 Å². The molecule has 31 heavy (non-hydrogen) atoms. The number of nitrogens with one attached hydrogen (secondary N) is 1. The molecule has 0 spiro atoms. The van der Waals surface area contributed by atoms with Gasteiger partial charge in [-0.25, -0.2) is 0 Å². The molecule has 3 amide bonds. The Balaban J connectivity index is 2.05. The number of carbonyl (C=O) groups excluding carboxylic acids is 3. The van der Waals surface area contributed by atoms with E-state index in [-0.39, 0.29) is 33.9 Å². The van der Waals surface area contributed by atoms with Gasteiger partial charge in [0.25, 0.3) is 11.1 Å². The van der Waals surface area contributed by atoms with Gasteiger partial charge in [-0.2, -0.15) is 0 Å². The number of methoxy groups -OCH3 is 3. The van der Waals surface area contributed by atoms with Crippen molar-refractivity contribution in [3.05, 3.63) is 22.6 Å². The van der Waals surface area contributed by atoms with Crippen LogP contribution in [0.1, 0.15) is 26.3 Å². The lowest BCUT2D eigenvalue weighted by molar-refractivity contribution is -0.123. The molecule has 0 atom stereocenters. The molecule has 8 nitrogen and oxygen atoms in total. The van der Waals surface area contributed by atoms with Crippen molar-refractivity contribution in [3.63, 3.8) is 0 Å². The molecule has 10 heteroatoms. The fourth-order valence-corrected chi connectivity index (χ4v) is 4.20. The van der Waals surface area contributed by atoms with Gasteiger partial charge in [0, 0.05) is 17.8 Å². The van der Waals surface area contributed by atoms with Gasteiger partial charge in [-0.15, -0.1) is 11.8 Å². The van der Waals surface area contributed by atoms with Crippen LogP contribution in [0.25, 0.3) is 6.08 Å². The van der Waals surface area contributed by atoms with E-state index in [0.29, 0.717) is 28.6 Å². The van der Waals surface area contributed by atoms with Gasteiger partial charge in [0.05, 0.1) is 32.0 Å². The van der Waals surface area contributed by atoms with Crippen molar-refractivity contribution < 1.29 is 28.6 Å². The highest BCUT2D eigenvalue weighted by atomic mass is 32.2. The van der Waals surface area contributed by atoms with Gasteiger partial charge in [0.1, 0.15) is 0 Å². The van der Waals surface area contributed by atoms with E-state index in [9.17, 15) is 14.4 Å². The van der Waals surface area contributed by atoms with Gasteiger partial charge in [-0.1, -0.05) is 20.8 Å². The number of imide groups is 1. The summed E-state index contributed by atoms with van der Waals surface area (Å²) in [6, 6.07) is 3.39. The molecule has 0 radical (unpaired) electrons. The van der Waals surface area contributed by atoms with E-state index in [1.165, 1.54) is 33.1 Å². The predicted octanol–water partition coefficient (Wildman–Crippen LogP) is 3.40. The molecule has 0 unspecified atom stereocenters. The first-order valence-corrected chi connectivity index (χ1v) is 11.4. The first-order chi connectivity index (χ1) is 14.6. The molecule has 170 valence electrons. The Bertz CT molecular complexity index is 854. The number of nitrogens with zero attached hydrogens (tertiary/aromatic N) is 1. The lowest BCUT2D eigenvalue weighted by Crippen LogP contribution is -2.38. The highest BCUT2D eigenvalue weighted by Gasteiger charge is 2.34. The summed E-state index contributed by atoms with van der Waals surface area (Å²) < 4.78 is 15.9. The molecule has 1 saturated heterocycles. The van der Waals surface area contributed by atoms with Crippen LogP contribution in [0.4, 0.5) is 4.79 Å². The number of carbonyl (C=O) groups is 3. The van der Waals surface area contributed by atoms with Crippen LogP contribution in [0.3, 0.4) is 0 Å². The molecular weight excluding hydrogens is 440 g/mol. The van der Waals surface area contributed by atoms with Crippen LogP contribution in [0, 0.1) is 0 Å². The molecule has 0 aromatic heterocycles. The van der Waals surface area contributed by atoms with E-state index < -0.39 is 5.91 Å². The average molecular weight is 469 g/mol. The highest BCUT2D eigenvalue weighted by molar-refractivity contribution is 8.18. The molecule has 0 bridgehead atoms. The smallest absolute Gasteiger partial charge is 0.293 e. The minimum atomic E-state index is -0.401. The second-order valence-electron chi connectivity index (χ2n) is 7.54. The van der Waals surface area contributed by atoms with E-state index >= 15 is 0 Å². The van der Waals surface area contributed by atoms with Crippen LogP contribution in [0.5, 0.6) is 17.2 Å². The van der Waals surface area contributed by atoms with Gasteiger partial charge in [-0.05, 0) is 35.5 Å². The Morgan fingerprint density at radius 3 is 2.26 bits per heavy atom. The first kappa shape index (κ1) is 24.9. The molecule has 2 rings (SSSR count). The fourth-order valence-electron chi connectivity index (χ4n) is 2.67. The first-order valence-electron chi connectivity index (χ1n) is 9.55. The van der Waals surface area contributed by atoms with E-state index in [1.54, 1.807) is 18.2 Å². The molecule has 1 N–H and O–H groups in total. The molecule has 0 saturated carbocycles. The lowest BCUT2D eigenvalue weighted by atomic mass is 10.1. The molecule has 1 fully saturated rings. The van der Waals surface area contributed by atoms with Crippen molar-refractivity contribution in [3.8, 4) is 17.2 Å². The van der Waals surface area contributed by atoms with Crippen LogP contribution in [0.15, 0.2) is 17.0 Å². The van der Waals surface area contributed by atoms with Crippen molar-refractivity contribution >= 4 is 46.7 Å². The van der Waals surface area contributed by atoms with Crippen LogP contribution in [0.2, 0.25) is 0 Å². The minimum absolute atomic E-state index is 0.0125. The Morgan fingerprint density at radius 1 is 1.13 bits per heavy atom. The SMILES string of the molecule is COc1cc(/C=C2\SC(=O)N(CCNC(=O)CSC(C)(C)C)C2=O)cc(OC)c1OC. The summed E-state index contributed by atoms with van der Waals surface area (Å²) in [5.74, 6) is 1.13. The van der Waals surface area contributed by atoms with E-state index in [0.717, 1.165) is 16.7 Å². The Hall–Kier alpha value is -2.33. The number of hydrogen-bond acceptors (Lipinski definition) is 8. The number of thioether (sulfide) groups is 2. The Labute approximate surface area is 191 Å². The quantitative estimate of drug-likeness (QED) is 0.551. The van der Waals surface area contributed by atoms with Gasteiger partial charge >= 0.3 is 0 Å². The number of benzene rings is 1. The second-order valence-corrected chi connectivity index (χ2v) is 10.3. The normalized spacial score (nSPS) is 15.4. The zero-order valence-corrected chi connectivity index (χ0v) is 20.2. The largest absolute Gasteiger partial charge is 0.493 e. The van der Waals surface area contributed by atoms with Gasteiger partial charge < -0.3 is 19.5 Å². The molecule has 1 aromatic carbocycles. The summed E-state index contributed by atoms with van der Waals surface area (Å²) in [5.41, 5.74) is 0.632. The Morgan fingerprint density at radius 2 is 1.74 bits per heavy atom. The monoisotopic (exact) mass is 468 g/mol. The zero-order chi connectivity index (χ0) is 23.2. The number of hydrogen-bond donors (Lipinski definition) is 1. The molecule has 1 aliphatic heterocycles. The van der Waals surface area contributed by atoms with Crippen LogP contribution >= 0.6 is 23.5 Å². The van der Waals surface area contributed by atoms with Crippen LogP contribution in [-0.4, -0.2) is 66.9 Å². The number of amides is 3. The van der Waals surface area contributed by atoms with Crippen LogP contribution < -0.4 is 19.5 Å². The molecule has 1 aliphatic rings. The standard InChI is InChI=1S/C21H28N2O6S2/c1-21(2,3)30-12-17(24)22-7-8-23-19(25)16(31-20(23)26)11-13-9-14(27-4)18(29-6)15(10-13)28-5/h9-11H,7-8,12H2,1-6H3,(H,22,24)/b16-11-. The van der Waals surface area contributed by atoms with Gasteiger partial charge in [0.2, 0.25) is 11.7 Å². The number of rotatable bonds is 9. The summed E-state index contributed by atoms with van der Waals surface area (Å²) in [4.78, 5) is 38.4. The predicted molar refractivity (Wildman–Crippen MR) is 124 cm³/mol. The summed E-state index contributed by atoms with van der Waals surface area (Å²) in [5, 5.41) is 2.38. The minimum Gasteiger partial charge on any atom is -0.493 e. The highest BCUT2D eigenvalue weighted by Crippen LogP contribution is 2.40. The fraction of sp³-hybridized carbons (Fsp3) is 0.476. The van der Waals surface area contributed by atoms with Gasteiger partial charge in [-0.3, -0.25) is 19.3 Å². The topological polar surface area (TPSA) is 94.2 Å². The third kappa shape index (κ3) is 6.83. The van der Waals surface area contributed by atoms with Crippen molar-refractivity contribution in [2.75, 3.05) is 40.2 Å². The van der Waals surface area contributed by atoms with Crippen LogP contribution in [-0.2, 0) is 9.59 Å². The summed E-state index contributed by atoms with van der Waals surface area (Å²) in [7, 11) is 4.51. The maximum absolute atomic E-state index is 12.7. The maximum atomic E-state index is 12.7. The third-order valence-electron chi connectivity index (χ3n) is 4.15. The molecule has 0 aliphatic carbocycles. The Kier molecular flexibility index (Phi) is 8.69. The van der Waals surface area contributed by atoms with Gasteiger partial charge in [0.15, 0.2) is 11.5 Å². The van der Waals surface area contributed by atoms with E-state index in [2.05, 4.69) is 5.32 Å². The van der Waals surface area contributed by atoms with E-state index in [4.69, 9.17) is 14.2 Å². The second kappa shape index (κ2) is 10.8. The summed E-state index contributed by atoms with van der Waals surface area (Å²) in [6.07, 6.45) is 1.61. The summed E-state index contributed by atoms with van der Waals surface area (Å²) in [6.45, 7) is 6.42. The molecular formula is C21H28N2O6S2.